The van der Waals surface area contributed by atoms with Gasteiger partial charge in [0.15, 0.2) is 12.6 Å². The molecule has 2 fully saturated rings. The van der Waals surface area contributed by atoms with Gasteiger partial charge in [-0.1, -0.05) is 64.1 Å². The van der Waals surface area contributed by atoms with Gasteiger partial charge in [-0.25, -0.2) is 0 Å². The number of nitrogens with one attached hydrogen (secondary N) is 3. The van der Waals surface area contributed by atoms with Crippen molar-refractivity contribution < 1.29 is 33.6 Å². The first-order valence-electron chi connectivity index (χ1n) is 18.6. The van der Waals surface area contributed by atoms with Crippen molar-refractivity contribution >= 4 is 40.7 Å². The first-order valence-corrected chi connectivity index (χ1v) is 18.6. The number of carbonyl (C=O) groups is 2. The van der Waals surface area contributed by atoms with E-state index in [0.717, 1.165) is 32.9 Å². The van der Waals surface area contributed by atoms with Gasteiger partial charge in [0.2, 0.25) is 11.8 Å². The van der Waals surface area contributed by atoms with Crippen LogP contribution in [0.15, 0.2) is 60.9 Å². The Labute approximate surface area is 313 Å². The number of aromatic amines is 2. The summed E-state index contributed by atoms with van der Waals surface area (Å²) >= 11 is 0. The monoisotopic (exact) mass is 732 g/mol. The van der Waals surface area contributed by atoms with Crippen LogP contribution in [-0.2, 0) is 28.5 Å². The van der Waals surface area contributed by atoms with Gasteiger partial charge in [-0.2, -0.15) is 0 Å². The van der Waals surface area contributed by atoms with E-state index in [2.05, 4.69) is 29.0 Å². The summed E-state index contributed by atoms with van der Waals surface area (Å²) in [5.41, 5.74) is 10.5. The number of fused-ring (bicyclic) bond motifs is 2. The molecule has 4 aromatic rings. The summed E-state index contributed by atoms with van der Waals surface area (Å²) in [6, 6.07) is 14.8. The van der Waals surface area contributed by atoms with E-state index < -0.39 is 25.4 Å². The molecule has 53 heavy (non-hydrogen) atoms. The molecule has 2 aromatic carbocycles. The third-order valence-electron chi connectivity index (χ3n) is 10.1. The van der Waals surface area contributed by atoms with Gasteiger partial charge in [-0.15, -0.1) is 0 Å². The van der Waals surface area contributed by atoms with Gasteiger partial charge in [-0.3, -0.25) is 9.59 Å². The molecule has 288 valence electrons. The van der Waals surface area contributed by atoms with Crippen molar-refractivity contribution in [1.29, 1.82) is 0 Å². The van der Waals surface area contributed by atoms with Crippen molar-refractivity contribution in [3.8, 4) is 0 Å². The maximum Gasteiger partial charge on any atom is 0.374 e. The molecule has 13 nitrogen and oxygen atoms in total. The molecule has 6 rings (SSSR count). The van der Waals surface area contributed by atoms with Crippen molar-refractivity contribution in [1.82, 2.24) is 25.0 Å². The van der Waals surface area contributed by atoms with E-state index in [0.29, 0.717) is 51.4 Å². The number of aromatic nitrogens is 2. The summed E-state index contributed by atoms with van der Waals surface area (Å²) in [5.74, 6) is 0.298. The van der Waals surface area contributed by atoms with E-state index in [9.17, 15) is 14.6 Å². The van der Waals surface area contributed by atoms with Crippen molar-refractivity contribution in [2.24, 2.45) is 17.6 Å². The van der Waals surface area contributed by atoms with Crippen LogP contribution in [-0.4, -0.2) is 122 Å². The predicted octanol–water partition coefficient (Wildman–Crippen LogP) is 3.87. The lowest BCUT2D eigenvalue weighted by molar-refractivity contribution is -0.204. The molecule has 0 radical (unpaired) electrons. The van der Waals surface area contributed by atoms with Gasteiger partial charge in [-0.05, 0) is 30.1 Å². The zero-order valence-electron chi connectivity index (χ0n) is 32.1. The van der Waals surface area contributed by atoms with Crippen LogP contribution in [0.4, 0.5) is 0 Å². The maximum absolute atomic E-state index is 13.2. The fourth-order valence-corrected chi connectivity index (χ4v) is 6.83. The largest absolute Gasteiger partial charge is 0.437 e. The molecule has 14 heteroatoms. The van der Waals surface area contributed by atoms with Gasteiger partial charge in [0.05, 0.1) is 51.6 Å². The van der Waals surface area contributed by atoms with Gasteiger partial charge >= 0.3 is 7.05 Å². The van der Waals surface area contributed by atoms with Crippen LogP contribution < -0.4 is 11.0 Å². The lowest BCUT2D eigenvalue weighted by Gasteiger charge is -2.33. The van der Waals surface area contributed by atoms with E-state index in [1.165, 1.54) is 0 Å². The van der Waals surface area contributed by atoms with Gasteiger partial charge in [0.1, 0.15) is 0 Å². The molecule has 4 heterocycles. The van der Waals surface area contributed by atoms with E-state index in [1.54, 1.807) is 30.7 Å². The average molecular weight is 733 g/mol. The first-order chi connectivity index (χ1) is 25.3. The van der Waals surface area contributed by atoms with Crippen LogP contribution >= 0.6 is 0 Å². The molecule has 0 aliphatic carbocycles. The maximum atomic E-state index is 13.2. The zero-order chi connectivity index (χ0) is 38.2. The number of benzene rings is 2. The summed E-state index contributed by atoms with van der Waals surface area (Å²) in [7, 11) is 2.68. The summed E-state index contributed by atoms with van der Waals surface area (Å²) in [6.45, 7) is 13.1. The fraction of sp³-hybridized carbons (Fsp3) is 0.538. The molecule has 0 unspecified atom stereocenters. The minimum absolute atomic E-state index is 0.0979. The number of rotatable bonds is 12. The van der Waals surface area contributed by atoms with Gasteiger partial charge < -0.3 is 54.7 Å². The Morgan fingerprint density at radius 3 is 1.66 bits per heavy atom. The van der Waals surface area contributed by atoms with Crippen LogP contribution in [0.1, 0.15) is 50.7 Å². The summed E-state index contributed by atoms with van der Waals surface area (Å²) in [6.07, 6.45) is 3.09. The number of amides is 2. The molecule has 2 aliphatic heterocycles. The van der Waals surface area contributed by atoms with Crippen molar-refractivity contribution in [2.75, 3.05) is 53.6 Å². The van der Waals surface area contributed by atoms with Crippen LogP contribution in [0.5, 0.6) is 0 Å². The number of nitrogens with zero attached hydrogens (tertiary/aromatic N) is 2. The van der Waals surface area contributed by atoms with Crippen molar-refractivity contribution in [2.45, 2.75) is 71.0 Å². The molecule has 0 saturated carbocycles. The van der Waals surface area contributed by atoms with Crippen LogP contribution in [0, 0.1) is 11.8 Å². The van der Waals surface area contributed by atoms with E-state index in [4.69, 9.17) is 24.7 Å². The number of H-pyrrole nitrogens is 2. The third kappa shape index (κ3) is 10.3. The molecule has 4 atom stereocenters. The first kappa shape index (κ1) is 40.4. The van der Waals surface area contributed by atoms with Gasteiger partial charge in [0, 0.05) is 72.0 Å². The summed E-state index contributed by atoms with van der Waals surface area (Å²) < 4.78 is 22.6. The minimum Gasteiger partial charge on any atom is -0.437 e. The molecule has 0 bridgehead atoms. The topological polar surface area (TPSA) is 167 Å². The number of hydrogen-bond acceptors (Lipinski definition) is 9. The molecular formula is C39H57BN6O7. The van der Waals surface area contributed by atoms with Crippen LogP contribution in [0.2, 0.25) is 6.82 Å². The second kappa shape index (κ2) is 18.5. The number of likely N-dealkylation sites (N-methyl/N-ethyl adjacent to an activating group) is 2. The summed E-state index contributed by atoms with van der Waals surface area (Å²) in [5, 5.41) is 15.1. The highest BCUT2D eigenvalue weighted by Gasteiger charge is 2.34. The SMILES string of the molecule is CB(O)N[C@@H](C(=O)N(C)CC1OCC(C)CO1)[C@@H](C)c1c[nH]c2ccccc12.CC1COC(CN(C)C(=O)[C@H](N)[C@@H](C)c2c[nH]c3ccccc23)OC1. The smallest absolute Gasteiger partial charge is 0.374 e. The van der Waals surface area contributed by atoms with Gasteiger partial charge in [0.25, 0.3) is 0 Å². The minimum atomic E-state index is -0.807. The number of hydrogen-bond donors (Lipinski definition) is 5. The Morgan fingerprint density at radius 1 is 0.792 bits per heavy atom. The Bertz CT molecular complexity index is 1770. The molecule has 6 N–H and O–H groups in total. The van der Waals surface area contributed by atoms with Crippen LogP contribution in [0.3, 0.4) is 0 Å². The van der Waals surface area contributed by atoms with Crippen molar-refractivity contribution in [3.63, 3.8) is 0 Å². The highest BCUT2D eigenvalue weighted by atomic mass is 16.7. The van der Waals surface area contributed by atoms with Crippen LogP contribution in [0.25, 0.3) is 21.8 Å². The molecule has 2 aromatic heterocycles. The molecule has 2 aliphatic rings. The highest BCUT2D eigenvalue weighted by molar-refractivity contribution is 6.46. The fourth-order valence-electron chi connectivity index (χ4n) is 6.83. The Hall–Kier alpha value is -3.76. The Balaban J connectivity index is 0.000000206. The Morgan fingerprint density at radius 2 is 1.21 bits per heavy atom. The predicted molar refractivity (Wildman–Crippen MR) is 207 cm³/mol. The average Bonchev–Trinajstić information content (AvgIpc) is 3.79. The standard InChI is InChI=1S/C20H30BN3O4.C19H27N3O3/c1-13-11-27-18(28-12-13)10-24(4)20(25)19(23-21(3)26)14(2)16-9-22-17-8-6-5-7-15(16)17;1-12-10-24-17(25-11-12)9-22(3)19(23)18(20)13(2)15-8-21-16-7-5-4-6-14(15)16/h5-9,13-14,18-19,22-23,26H,10-12H2,1-4H3;4-8,12-13,17-18,21H,9-11,20H2,1-3H3/t13?,14-,18?,19+;12?,13-,17?,18+/m00/s1. The number of carbonyl (C=O) groups excluding carboxylic acids is 2. The summed E-state index contributed by atoms with van der Waals surface area (Å²) in [4.78, 5) is 35.7. The molecular weight excluding hydrogens is 675 g/mol. The lowest BCUT2D eigenvalue weighted by Crippen LogP contribution is -2.54. The normalized spacial score (nSPS) is 22.7. The van der Waals surface area contributed by atoms with E-state index in [-0.39, 0.29) is 29.9 Å². The number of para-hydroxylation sites is 2. The third-order valence-corrected chi connectivity index (χ3v) is 10.1. The van der Waals surface area contributed by atoms with E-state index in [1.807, 2.05) is 74.8 Å². The quantitative estimate of drug-likeness (QED) is 0.136. The molecule has 0 spiro atoms. The molecule has 2 amide bonds. The van der Waals surface area contributed by atoms with E-state index >= 15 is 0 Å². The Kier molecular flexibility index (Phi) is 14.1. The van der Waals surface area contributed by atoms with Crippen molar-refractivity contribution in [3.05, 3.63) is 72.1 Å². The second-order valence-electron chi connectivity index (χ2n) is 14.8. The number of ether oxygens (including phenoxy) is 4. The second-order valence-corrected chi connectivity index (χ2v) is 14.8. The zero-order valence-corrected chi connectivity index (χ0v) is 32.1. The lowest BCUT2D eigenvalue weighted by atomic mass is 9.82. The highest BCUT2D eigenvalue weighted by Crippen LogP contribution is 2.29. The number of nitrogens with two attached hydrogens (primary N) is 1. The molecule has 2 saturated heterocycles.